The molecule has 0 saturated carbocycles. The molecule has 2 rings (SSSR count). The molecular weight excluding hydrogens is 252 g/mol. The summed E-state index contributed by atoms with van der Waals surface area (Å²) in [6, 6.07) is 8.94. The molecule has 1 heterocycles. The van der Waals surface area contributed by atoms with Crippen molar-refractivity contribution >= 4 is 17.4 Å². The van der Waals surface area contributed by atoms with E-state index >= 15 is 0 Å². The monoisotopic (exact) mass is 278 g/mol. The summed E-state index contributed by atoms with van der Waals surface area (Å²) >= 11 is 2.00. The Labute approximate surface area is 121 Å². The number of benzene rings is 1. The zero-order valence-corrected chi connectivity index (χ0v) is 12.9. The van der Waals surface area contributed by atoms with Gasteiger partial charge in [0.1, 0.15) is 0 Å². The molecule has 1 fully saturated rings. The highest BCUT2D eigenvalue weighted by atomic mass is 32.2. The van der Waals surface area contributed by atoms with Crippen molar-refractivity contribution in [3.8, 4) is 0 Å². The minimum Gasteiger partial charge on any atom is -0.385 e. The van der Waals surface area contributed by atoms with Gasteiger partial charge >= 0.3 is 0 Å². The lowest BCUT2D eigenvalue weighted by Crippen LogP contribution is -2.31. The lowest BCUT2D eigenvalue weighted by atomic mass is 9.98. The van der Waals surface area contributed by atoms with Crippen molar-refractivity contribution in [2.75, 3.05) is 25.0 Å². The van der Waals surface area contributed by atoms with Crippen molar-refractivity contribution in [1.82, 2.24) is 5.32 Å². The Morgan fingerprint density at radius 2 is 1.89 bits per heavy atom. The van der Waals surface area contributed by atoms with Gasteiger partial charge in [0, 0.05) is 18.0 Å². The van der Waals surface area contributed by atoms with Crippen LogP contribution in [0.3, 0.4) is 0 Å². The molecule has 0 atom stereocenters. The van der Waals surface area contributed by atoms with Crippen LogP contribution in [0.25, 0.3) is 0 Å². The number of anilines is 1. The Hall–Kier alpha value is -0.670. The topological polar surface area (TPSA) is 24.1 Å². The quantitative estimate of drug-likeness (QED) is 0.829. The molecule has 1 saturated heterocycles. The summed E-state index contributed by atoms with van der Waals surface area (Å²) in [5.74, 6) is 1.95. The van der Waals surface area contributed by atoms with E-state index in [4.69, 9.17) is 0 Å². The largest absolute Gasteiger partial charge is 0.385 e. The van der Waals surface area contributed by atoms with Gasteiger partial charge in [-0.1, -0.05) is 26.0 Å². The number of thioether (sulfide) groups is 1. The van der Waals surface area contributed by atoms with E-state index in [1.54, 1.807) is 0 Å². The molecule has 2 N–H and O–H groups in total. The Kier molecular flexibility index (Phi) is 6.05. The molecular formula is C16H26N2S. The maximum absolute atomic E-state index is 3.57. The third kappa shape index (κ3) is 5.45. The predicted octanol–water partition coefficient (Wildman–Crippen LogP) is 3.74. The van der Waals surface area contributed by atoms with Crippen LogP contribution in [-0.4, -0.2) is 24.9 Å². The standard InChI is InChI=1S/C16H26N2S/c1-13(2)19-12-15-3-5-16(6-4-15)18-11-14-7-9-17-10-8-14/h3-6,13-14,17-18H,7-12H2,1-2H3. The molecule has 0 unspecified atom stereocenters. The third-order valence-electron chi connectivity index (χ3n) is 3.59. The normalized spacial score (nSPS) is 16.8. The van der Waals surface area contributed by atoms with Gasteiger partial charge in [-0.3, -0.25) is 0 Å². The predicted molar refractivity (Wildman–Crippen MR) is 87.0 cm³/mol. The van der Waals surface area contributed by atoms with Crippen LogP contribution in [0.4, 0.5) is 5.69 Å². The summed E-state index contributed by atoms with van der Waals surface area (Å²) in [5.41, 5.74) is 2.68. The molecule has 1 aromatic rings. The molecule has 0 radical (unpaired) electrons. The first kappa shape index (κ1) is 14.7. The van der Waals surface area contributed by atoms with Gasteiger partial charge in [-0.05, 0) is 54.8 Å². The smallest absolute Gasteiger partial charge is 0.0340 e. The Bertz CT molecular complexity index is 356. The van der Waals surface area contributed by atoms with Crippen molar-refractivity contribution in [3.63, 3.8) is 0 Å². The van der Waals surface area contributed by atoms with Crippen LogP contribution >= 0.6 is 11.8 Å². The summed E-state index contributed by atoms with van der Waals surface area (Å²) in [5, 5.41) is 7.69. The van der Waals surface area contributed by atoms with Gasteiger partial charge in [0.2, 0.25) is 0 Å². The van der Waals surface area contributed by atoms with Crippen LogP contribution in [0.2, 0.25) is 0 Å². The first-order valence-corrected chi connectivity index (χ1v) is 8.44. The van der Waals surface area contributed by atoms with E-state index in [9.17, 15) is 0 Å². The average molecular weight is 278 g/mol. The first-order chi connectivity index (χ1) is 9.24. The number of hydrogen-bond donors (Lipinski definition) is 2. The van der Waals surface area contributed by atoms with E-state index in [-0.39, 0.29) is 0 Å². The molecule has 0 aromatic heterocycles. The van der Waals surface area contributed by atoms with E-state index < -0.39 is 0 Å². The number of rotatable bonds is 6. The molecule has 0 bridgehead atoms. The molecule has 1 aliphatic rings. The van der Waals surface area contributed by atoms with Crippen LogP contribution in [-0.2, 0) is 5.75 Å². The van der Waals surface area contributed by atoms with E-state index in [1.165, 1.54) is 37.2 Å². The maximum atomic E-state index is 3.57. The average Bonchev–Trinajstić information content (AvgIpc) is 2.45. The van der Waals surface area contributed by atoms with Crippen molar-refractivity contribution in [1.29, 1.82) is 0 Å². The Balaban J connectivity index is 1.74. The van der Waals surface area contributed by atoms with Gasteiger partial charge < -0.3 is 10.6 Å². The summed E-state index contributed by atoms with van der Waals surface area (Å²) in [4.78, 5) is 0. The van der Waals surface area contributed by atoms with Crippen LogP contribution in [0.5, 0.6) is 0 Å². The van der Waals surface area contributed by atoms with E-state index in [1.807, 2.05) is 11.8 Å². The van der Waals surface area contributed by atoms with Crippen LogP contribution < -0.4 is 10.6 Å². The highest BCUT2D eigenvalue weighted by Crippen LogP contribution is 2.19. The highest BCUT2D eigenvalue weighted by Gasteiger charge is 2.12. The molecule has 3 heteroatoms. The number of nitrogens with one attached hydrogen (secondary N) is 2. The lowest BCUT2D eigenvalue weighted by Gasteiger charge is -2.23. The zero-order valence-electron chi connectivity index (χ0n) is 12.1. The van der Waals surface area contributed by atoms with Crippen LogP contribution in [0.1, 0.15) is 32.3 Å². The Morgan fingerprint density at radius 3 is 2.53 bits per heavy atom. The van der Waals surface area contributed by atoms with Gasteiger partial charge in [0.05, 0.1) is 0 Å². The summed E-state index contributed by atoms with van der Waals surface area (Å²) in [6.07, 6.45) is 2.60. The van der Waals surface area contributed by atoms with Crippen molar-refractivity contribution in [2.24, 2.45) is 5.92 Å². The number of hydrogen-bond acceptors (Lipinski definition) is 3. The molecule has 1 aliphatic heterocycles. The molecule has 0 aliphatic carbocycles. The highest BCUT2D eigenvalue weighted by molar-refractivity contribution is 7.99. The van der Waals surface area contributed by atoms with E-state index in [0.29, 0.717) is 5.25 Å². The fraction of sp³-hybridized carbons (Fsp3) is 0.625. The van der Waals surface area contributed by atoms with Crippen LogP contribution in [0.15, 0.2) is 24.3 Å². The Morgan fingerprint density at radius 1 is 1.21 bits per heavy atom. The van der Waals surface area contributed by atoms with E-state index in [2.05, 4.69) is 48.7 Å². The second kappa shape index (κ2) is 7.81. The lowest BCUT2D eigenvalue weighted by molar-refractivity contribution is 0.390. The minimum atomic E-state index is 0.706. The fourth-order valence-electron chi connectivity index (χ4n) is 2.33. The first-order valence-electron chi connectivity index (χ1n) is 7.39. The zero-order chi connectivity index (χ0) is 13.5. The summed E-state index contributed by atoms with van der Waals surface area (Å²) in [6.45, 7) is 7.97. The van der Waals surface area contributed by atoms with Gasteiger partial charge in [-0.2, -0.15) is 11.8 Å². The molecule has 106 valence electrons. The second-order valence-electron chi connectivity index (χ2n) is 5.63. The minimum absolute atomic E-state index is 0.706. The number of piperidine rings is 1. The van der Waals surface area contributed by atoms with Gasteiger partial charge in [0.15, 0.2) is 0 Å². The second-order valence-corrected chi connectivity index (χ2v) is 7.20. The molecule has 2 nitrogen and oxygen atoms in total. The van der Waals surface area contributed by atoms with Gasteiger partial charge in [-0.15, -0.1) is 0 Å². The van der Waals surface area contributed by atoms with Gasteiger partial charge in [-0.25, -0.2) is 0 Å². The molecule has 0 spiro atoms. The molecule has 19 heavy (non-hydrogen) atoms. The molecule has 0 amide bonds. The van der Waals surface area contributed by atoms with Crippen LogP contribution in [0, 0.1) is 5.92 Å². The summed E-state index contributed by atoms with van der Waals surface area (Å²) in [7, 11) is 0. The van der Waals surface area contributed by atoms with Gasteiger partial charge in [0.25, 0.3) is 0 Å². The third-order valence-corrected chi connectivity index (χ3v) is 4.76. The maximum Gasteiger partial charge on any atom is 0.0340 e. The summed E-state index contributed by atoms with van der Waals surface area (Å²) < 4.78 is 0. The SMILES string of the molecule is CC(C)SCc1ccc(NCC2CCNCC2)cc1. The van der Waals surface area contributed by atoms with E-state index in [0.717, 1.165) is 18.2 Å². The molecule has 1 aromatic carbocycles. The fourth-order valence-corrected chi connectivity index (χ4v) is 3.05. The van der Waals surface area contributed by atoms with Crippen molar-refractivity contribution in [3.05, 3.63) is 29.8 Å². The van der Waals surface area contributed by atoms with Crippen molar-refractivity contribution < 1.29 is 0 Å². The van der Waals surface area contributed by atoms with Crippen molar-refractivity contribution in [2.45, 2.75) is 37.7 Å².